The third-order valence-corrected chi connectivity index (χ3v) is 5.17. The fourth-order valence-corrected chi connectivity index (χ4v) is 3.37. The van der Waals surface area contributed by atoms with Gasteiger partial charge >= 0.3 is 0 Å². The van der Waals surface area contributed by atoms with Crippen molar-refractivity contribution >= 4 is 10.0 Å². The Labute approximate surface area is 125 Å². The molecule has 0 aromatic heterocycles. The average Bonchev–Trinajstić information content (AvgIpc) is 2.50. The summed E-state index contributed by atoms with van der Waals surface area (Å²) in [5.74, 6) is 0. The van der Waals surface area contributed by atoms with Gasteiger partial charge in [-0.1, -0.05) is 60.7 Å². The summed E-state index contributed by atoms with van der Waals surface area (Å²) in [5.41, 5.74) is 1.37. The molecule has 0 aliphatic rings. The molecule has 21 heavy (non-hydrogen) atoms. The second-order valence-corrected chi connectivity index (χ2v) is 6.83. The molecule has 0 spiro atoms. The summed E-state index contributed by atoms with van der Waals surface area (Å²) in [6.07, 6.45) is 0. The highest BCUT2D eigenvalue weighted by Gasteiger charge is 2.31. The average molecular weight is 300 g/mol. The highest BCUT2D eigenvalue weighted by Crippen LogP contribution is 2.25. The Kier molecular flexibility index (Phi) is 4.73. The van der Waals surface area contributed by atoms with Crippen LogP contribution in [0, 0.1) is 11.3 Å². The number of hydrogen-bond acceptors (Lipinski definition) is 3. The van der Waals surface area contributed by atoms with Gasteiger partial charge in [-0.3, -0.25) is 0 Å². The van der Waals surface area contributed by atoms with E-state index in [2.05, 4.69) is 0 Å². The van der Waals surface area contributed by atoms with Crippen molar-refractivity contribution in [3.63, 3.8) is 0 Å². The van der Waals surface area contributed by atoms with Gasteiger partial charge in [0.1, 0.15) is 0 Å². The Hall–Kier alpha value is -2.16. The molecule has 0 amide bonds. The van der Waals surface area contributed by atoms with E-state index in [1.807, 2.05) is 36.4 Å². The van der Waals surface area contributed by atoms with Gasteiger partial charge in [-0.05, 0) is 11.1 Å². The maximum Gasteiger partial charge on any atom is 0.234 e. The third-order valence-electron chi connectivity index (χ3n) is 3.20. The molecule has 0 saturated heterocycles. The van der Waals surface area contributed by atoms with Crippen molar-refractivity contribution in [2.75, 3.05) is 7.05 Å². The molecule has 108 valence electrons. The minimum Gasteiger partial charge on any atom is -0.210 e. The smallest absolute Gasteiger partial charge is 0.210 e. The number of sulfonamides is 1. The van der Waals surface area contributed by atoms with Gasteiger partial charge in [-0.2, -0.15) is 9.57 Å². The monoisotopic (exact) mass is 300 g/mol. The first-order valence-electron chi connectivity index (χ1n) is 6.49. The first kappa shape index (κ1) is 15.2. The lowest BCUT2D eigenvalue weighted by atomic mass is 10.2. The van der Waals surface area contributed by atoms with Crippen LogP contribution in [-0.2, 0) is 16.6 Å². The number of rotatable bonds is 5. The summed E-state index contributed by atoms with van der Waals surface area (Å²) in [6.45, 7) is 0.244. The molecular formula is C16H16N2O2S. The van der Waals surface area contributed by atoms with Crippen molar-refractivity contribution in [1.29, 1.82) is 5.26 Å². The quantitative estimate of drug-likeness (QED) is 0.853. The molecule has 0 radical (unpaired) electrons. The van der Waals surface area contributed by atoms with Crippen LogP contribution in [0.5, 0.6) is 0 Å². The Morgan fingerprint density at radius 2 is 1.57 bits per heavy atom. The first-order chi connectivity index (χ1) is 10.1. The number of benzene rings is 2. The lowest BCUT2D eigenvalue weighted by Crippen LogP contribution is -2.30. The van der Waals surface area contributed by atoms with Crippen LogP contribution >= 0.6 is 0 Å². The Bertz CT molecular complexity index is 722. The fraction of sp³-hybridized carbons (Fsp3) is 0.188. The Balaban J connectivity index is 2.26. The molecule has 0 aliphatic carbocycles. The van der Waals surface area contributed by atoms with Gasteiger partial charge in [0.05, 0.1) is 6.07 Å². The lowest BCUT2D eigenvalue weighted by Gasteiger charge is -2.20. The standard InChI is InChI=1S/C16H16N2O2S/c1-18(13-14-8-4-2-5-9-14)21(19,20)16(12-17)15-10-6-3-7-11-15/h2-11,16H,13H2,1H3. The van der Waals surface area contributed by atoms with Crippen molar-refractivity contribution < 1.29 is 8.42 Å². The zero-order chi connectivity index (χ0) is 15.3. The van der Waals surface area contributed by atoms with Crippen LogP contribution in [0.3, 0.4) is 0 Å². The maximum absolute atomic E-state index is 12.6. The maximum atomic E-state index is 12.6. The highest BCUT2D eigenvalue weighted by molar-refractivity contribution is 7.89. The Morgan fingerprint density at radius 1 is 1.05 bits per heavy atom. The Morgan fingerprint density at radius 3 is 2.10 bits per heavy atom. The van der Waals surface area contributed by atoms with Crippen LogP contribution < -0.4 is 0 Å². The summed E-state index contributed by atoms with van der Waals surface area (Å²) in [6, 6.07) is 19.8. The molecule has 0 saturated carbocycles. The van der Waals surface area contributed by atoms with Crippen molar-refractivity contribution in [3.05, 3.63) is 71.8 Å². The molecule has 0 N–H and O–H groups in total. The van der Waals surface area contributed by atoms with Crippen LogP contribution in [0.25, 0.3) is 0 Å². The van der Waals surface area contributed by atoms with E-state index in [0.717, 1.165) is 5.56 Å². The second-order valence-electron chi connectivity index (χ2n) is 4.71. The summed E-state index contributed by atoms with van der Waals surface area (Å²) < 4.78 is 26.4. The van der Waals surface area contributed by atoms with Crippen LogP contribution in [0.15, 0.2) is 60.7 Å². The zero-order valence-electron chi connectivity index (χ0n) is 11.7. The molecule has 0 fully saturated rings. The van der Waals surface area contributed by atoms with Crippen LogP contribution in [0.2, 0.25) is 0 Å². The summed E-state index contributed by atoms with van der Waals surface area (Å²) >= 11 is 0. The van der Waals surface area contributed by atoms with Gasteiger partial charge in [-0.15, -0.1) is 0 Å². The largest absolute Gasteiger partial charge is 0.234 e. The lowest BCUT2D eigenvalue weighted by molar-refractivity contribution is 0.462. The molecule has 1 unspecified atom stereocenters. The van der Waals surface area contributed by atoms with Gasteiger partial charge in [0.25, 0.3) is 0 Å². The fourth-order valence-electron chi connectivity index (χ4n) is 2.05. The minimum absolute atomic E-state index is 0.244. The molecule has 0 bridgehead atoms. The number of nitrogens with zero attached hydrogens (tertiary/aromatic N) is 2. The summed E-state index contributed by atoms with van der Waals surface area (Å²) in [5, 5.41) is 8.09. The number of nitriles is 1. The van der Waals surface area contributed by atoms with Crippen molar-refractivity contribution in [2.24, 2.45) is 0 Å². The van der Waals surface area contributed by atoms with Gasteiger partial charge in [-0.25, -0.2) is 8.42 Å². The van der Waals surface area contributed by atoms with E-state index in [1.165, 1.54) is 11.4 Å². The topological polar surface area (TPSA) is 61.2 Å². The predicted octanol–water partition coefficient (Wildman–Crippen LogP) is 2.71. The molecule has 0 heterocycles. The molecule has 5 heteroatoms. The predicted molar refractivity (Wildman–Crippen MR) is 81.6 cm³/mol. The van der Waals surface area contributed by atoms with E-state index < -0.39 is 15.3 Å². The molecule has 4 nitrogen and oxygen atoms in total. The van der Waals surface area contributed by atoms with E-state index in [9.17, 15) is 13.7 Å². The molecule has 2 aromatic rings. The SMILES string of the molecule is CN(Cc1ccccc1)S(=O)(=O)C(C#N)c1ccccc1. The molecule has 2 rings (SSSR count). The van der Waals surface area contributed by atoms with Gasteiger partial charge in [0.15, 0.2) is 5.25 Å². The van der Waals surface area contributed by atoms with E-state index in [-0.39, 0.29) is 6.54 Å². The highest BCUT2D eigenvalue weighted by atomic mass is 32.2. The number of hydrogen-bond donors (Lipinski definition) is 0. The van der Waals surface area contributed by atoms with E-state index in [1.54, 1.807) is 30.3 Å². The van der Waals surface area contributed by atoms with E-state index >= 15 is 0 Å². The van der Waals surface area contributed by atoms with Crippen LogP contribution in [-0.4, -0.2) is 19.8 Å². The van der Waals surface area contributed by atoms with E-state index in [4.69, 9.17) is 0 Å². The van der Waals surface area contributed by atoms with Gasteiger partial charge < -0.3 is 0 Å². The van der Waals surface area contributed by atoms with E-state index in [0.29, 0.717) is 5.56 Å². The summed E-state index contributed by atoms with van der Waals surface area (Å²) in [7, 11) is -2.23. The van der Waals surface area contributed by atoms with Crippen molar-refractivity contribution in [3.8, 4) is 6.07 Å². The molecule has 2 aromatic carbocycles. The van der Waals surface area contributed by atoms with Crippen molar-refractivity contribution in [2.45, 2.75) is 11.8 Å². The molecule has 1 atom stereocenters. The zero-order valence-corrected chi connectivity index (χ0v) is 12.5. The molecule has 0 aliphatic heterocycles. The van der Waals surface area contributed by atoms with Gasteiger partial charge in [0.2, 0.25) is 10.0 Å². The van der Waals surface area contributed by atoms with Crippen LogP contribution in [0.4, 0.5) is 0 Å². The second kappa shape index (κ2) is 6.53. The molecular weight excluding hydrogens is 284 g/mol. The normalized spacial score (nSPS) is 12.8. The first-order valence-corrected chi connectivity index (χ1v) is 7.99. The summed E-state index contributed by atoms with van der Waals surface area (Å²) in [4.78, 5) is 0. The minimum atomic E-state index is -3.73. The third kappa shape index (κ3) is 3.48. The van der Waals surface area contributed by atoms with Crippen molar-refractivity contribution in [1.82, 2.24) is 4.31 Å². The van der Waals surface area contributed by atoms with Gasteiger partial charge in [0, 0.05) is 13.6 Å². The van der Waals surface area contributed by atoms with Crippen LogP contribution in [0.1, 0.15) is 16.4 Å².